The van der Waals surface area contributed by atoms with Gasteiger partial charge in [0.05, 0.1) is 0 Å². The van der Waals surface area contributed by atoms with E-state index in [0.717, 1.165) is 13.0 Å². The number of likely N-dealkylation sites (tertiary alicyclic amines) is 1. The lowest BCUT2D eigenvalue weighted by Gasteiger charge is -2.38. The van der Waals surface area contributed by atoms with Gasteiger partial charge in [0.25, 0.3) is 0 Å². The first kappa shape index (κ1) is 10.9. The van der Waals surface area contributed by atoms with Gasteiger partial charge >= 0.3 is 0 Å². The molecule has 1 unspecified atom stereocenters. The fraction of sp³-hybridized carbons (Fsp3) is 0.909. The van der Waals surface area contributed by atoms with Crippen molar-refractivity contribution in [1.82, 2.24) is 15.5 Å². The van der Waals surface area contributed by atoms with E-state index in [1.807, 2.05) is 0 Å². The third-order valence-electron chi connectivity index (χ3n) is 3.71. The molecular formula is C11H21N3O. The third-order valence-corrected chi connectivity index (χ3v) is 3.71. The highest BCUT2D eigenvalue weighted by atomic mass is 16.1. The zero-order valence-electron chi connectivity index (χ0n) is 9.68. The molecule has 2 N–H and O–H groups in total. The zero-order valence-corrected chi connectivity index (χ0v) is 9.68. The van der Waals surface area contributed by atoms with Crippen LogP contribution >= 0.6 is 0 Å². The van der Waals surface area contributed by atoms with Crippen LogP contribution in [-0.4, -0.2) is 49.1 Å². The van der Waals surface area contributed by atoms with E-state index >= 15 is 0 Å². The number of carbonyl (C=O) groups is 1. The van der Waals surface area contributed by atoms with E-state index in [9.17, 15) is 4.79 Å². The van der Waals surface area contributed by atoms with Crippen LogP contribution in [0.2, 0.25) is 0 Å². The number of hydrogen-bond acceptors (Lipinski definition) is 3. The zero-order chi connectivity index (χ0) is 10.9. The van der Waals surface area contributed by atoms with Gasteiger partial charge in [-0.15, -0.1) is 0 Å². The van der Waals surface area contributed by atoms with E-state index in [2.05, 4.69) is 22.6 Å². The molecule has 0 aromatic rings. The summed E-state index contributed by atoms with van der Waals surface area (Å²) >= 11 is 0. The van der Waals surface area contributed by atoms with Gasteiger partial charge in [0.15, 0.2) is 0 Å². The van der Waals surface area contributed by atoms with Crippen molar-refractivity contribution in [3.8, 4) is 0 Å². The first-order valence-electron chi connectivity index (χ1n) is 5.80. The van der Waals surface area contributed by atoms with Gasteiger partial charge in [0, 0.05) is 25.0 Å². The fourth-order valence-electron chi connectivity index (χ4n) is 2.77. The highest BCUT2D eigenvalue weighted by Crippen LogP contribution is 2.30. The predicted molar refractivity (Wildman–Crippen MR) is 59.7 cm³/mol. The van der Waals surface area contributed by atoms with Gasteiger partial charge < -0.3 is 15.5 Å². The molecule has 4 heteroatoms. The second-order valence-electron chi connectivity index (χ2n) is 5.07. The van der Waals surface area contributed by atoms with Crippen molar-refractivity contribution in [1.29, 1.82) is 0 Å². The van der Waals surface area contributed by atoms with Gasteiger partial charge in [0.2, 0.25) is 5.91 Å². The lowest BCUT2D eigenvalue weighted by atomic mass is 9.85. The van der Waals surface area contributed by atoms with Crippen LogP contribution in [-0.2, 0) is 4.79 Å². The minimum atomic E-state index is 0.0896. The standard InChI is InChI=1S/C11H21N3O/c1-9(15)13-10-7-11(12-8-10)3-5-14(2)6-4-11/h10,12H,3-8H2,1-2H3,(H,13,15). The molecule has 4 nitrogen and oxygen atoms in total. The van der Waals surface area contributed by atoms with Crippen molar-refractivity contribution in [2.24, 2.45) is 0 Å². The summed E-state index contributed by atoms with van der Waals surface area (Å²) in [5.41, 5.74) is 0.305. The van der Waals surface area contributed by atoms with Crippen molar-refractivity contribution in [2.75, 3.05) is 26.7 Å². The van der Waals surface area contributed by atoms with E-state index in [-0.39, 0.29) is 5.91 Å². The lowest BCUT2D eigenvalue weighted by Crippen LogP contribution is -2.48. The summed E-state index contributed by atoms with van der Waals surface area (Å²) in [6, 6.07) is 0.339. The molecule has 0 aromatic heterocycles. The molecule has 2 aliphatic rings. The average Bonchev–Trinajstić information content (AvgIpc) is 2.54. The second-order valence-corrected chi connectivity index (χ2v) is 5.07. The van der Waals surface area contributed by atoms with Crippen LogP contribution in [0, 0.1) is 0 Å². The van der Waals surface area contributed by atoms with Gasteiger partial charge in [-0.3, -0.25) is 4.79 Å². The fourth-order valence-corrected chi connectivity index (χ4v) is 2.77. The Hall–Kier alpha value is -0.610. The number of hydrogen-bond donors (Lipinski definition) is 2. The average molecular weight is 211 g/mol. The van der Waals surface area contributed by atoms with Crippen molar-refractivity contribution >= 4 is 5.91 Å². The van der Waals surface area contributed by atoms with Gasteiger partial charge in [-0.2, -0.15) is 0 Å². The molecule has 1 amide bonds. The molecule has 0 aromatic carbocycles. The van der Waals surface area contributed by atoms with Crippen LogP contribution in [0.25, 0.3) is 0 Å². The van der Waals surface area contributed by atoms with E-state index in [0.29, 0.717) is 11.6 Å². The van der Waals surface area contributed by atoms with Crippen molar-refractivity contribution in [3.05, 3.63) is 0 Å². The number of rotatable bonds is 1. The maximum Gasteiger partial charge on any atom is 0.217 e. The van der Waals surface area contributed by atoms with Crippen molar-refractivity contribution < 1.29 is 4.79 Å². The summed E-state index contributed by atoms with van der Waals surface area (Å²) in [6.45, 7) is 4.86. The molecule has 2 aliphatic heterocycles. The molecule has 86 valence electrons. The lowest BCUT2D eigenvalue weighted by molar-refractivity contribution is -0.119. The Balaban J connectivity index is 1.88. The normalized spacial score (nSPS) is 30.7. The smallest absolute Gasteiger partial charge is 0.217 e. The summed E-state index contributed by atoms with van der Waals surface area (Å²) in [5.74, 6) is 0.0896. The van der Waals surface area contributed by atoms with Crippen LogP contribution < -0.4 is 10.6 Å². The van der Waals surface area contributed by atoms with Gasteiger partial charge in [0.1, 0.15) is 0 Å². The number of amides is 1. The topological polar surface area (TPSA) is 44.4 Å². The van der Waals surface area contributed by atoms with E-state index in [1.54, 1.807) is 6.92 Å². The van der Waals surface area contributed by atoms with Crippen molar-refractivity contribution in [2.45, 2.75) is 37.8 Å². The Bertz CT molecular complexity index is 246. The summed E-state index contributed by atoms with van der Waals surface area (Å²) < 4.78 is 0. The molecule has 0 radical (unpaired) electrons. The molecule has 2 fully saturated rings. The SMILES string of the molecule is CC(=O)NC1CNC2(CCN(C)CC2)C1. The van der Waals surface area contributed by atoms with Gasteiger partial charge in [-0.1, -0.05) is 0 Å². The molecule has 0 bridgehead atoms. The minimum absolute atomic E-state index is 0.0896. The Morgan fingerprint density at radius 1 is 1.47 bits per heavy atom. The Morgan fingerprint density at radius 3 is 2.73 bits per heavy atom. The van der Waals surface area contributed by atoms with Gasteiger partial charge in [-0.25, -0.2) is 0 Å². The molecule has 15 heavy (non-hydrogen) atoms. The second kappa shape index (κ2) is 4.10. The maximum absolute atomic E-state index is 11.0. The molecular weight excluding hydrogens is 190 g/mol. The number of piperidine rings is 1. The molecule has 0 saturated carbocycles. The van der Waals surface area contributed by atoms with Crippen LogP contribution in [0.15, 0.2) is 0 Å². The van der Waals surface area contributed by atoms with Crippen LogP contribution in [0.4, 0.5) is 0 Å². The third kappa shape index (κ3) is 2.49. The summed E-state index contributed by atoms with van der Waals surface area (Å²) in [5, 5.41) is 6.62. The first-order valence-corrected chi connectivity index (χ1v) is 5.80. The molecule has 2 heterocycles. The number of nitrogens with zero attached hydrogens (tertiary/aromatic N) is 1. The number of nitrogens with one attached hydrogen (secondary N) is 2. The van der Waals surface area contributed by atoms with E-state index < -0.39 is 0 Å². The highest BCUT2D eigenvalue weighted by molar-refractivity contribution is 5.73. The molecule has 1 atom stereocenters. The first-order chi connectivity index (χ1) is 7.10. The monoisotopic (exact) mass is 211 g/mol. The largest absolute Gasteiger partial charge is 0.352 e. The van der Waals surface area contributed by atoms with Crippen LogP contribution in [0.5, 0.6) is 0 Å². The summed E-state index contributed by atoms with van der Waals surface area (Å²) in [7, 11) is 2.17. The van der Waals surface area contributed by atoms with Crippen LogP contribution in [0.1, 0.15) is 26.2 Å². The maximum atomic E-state index is 11.0. The Labute approximate surface area is 91.4 Å². The summed E-state index contributed by atoms with van der Waals surface area (Å²) in [6.07, 6.45) is 3.51. The molecule has 2 rings (SSSR count). The Morgan fingerprint density at radius 2 is 2.13 bits per heavy atom. The van der Waals surface area contributed by atoms with E-state index in [1.165, 1.54) is 25.9 Å². The van der Waals surface area contributed by atoms with E-state index in [4.69, 9.17) is 0 Å². The van der Waals surface area contributed by atoms with Crippen LogP contribution in [0.3, 0.4) is 0 Å². The van der Waals surface area contributed by atoms with Crippen molar-refractivity contribution in [3.63, 3.8) is 0 Å². The molecule has 2 saturated heterocycles. The van der Waals surface area contributed by atoms with Gasteiger partial charge in [-0.05, 0) is 39.4 Å². The Kier molecular flexibility index (Phi) is 2.98. The quantitative estimate of drug-likeness (QED) is 0.639. The number of carbonyl (C=O) groups excluding carboxylic acids is 1. The predicted octanol–water partition coefficient (Wildman–Crippen LogP) is -0.0512. The summed E-state index contributed by atoms with van der Waals surface area (Å²) in [4.78, 5) is 13.3. The molecule has 1 spiro atoms. The highest BCUT2D eigenvalue weighted by Gasteiger charge is 2.40. The minimum Gasteiger partial charge on any atom is -0.352 e. The molecule has 0 aliphatic carbocycles.